The molecule has 0 atom stereocenters. The number of ether oxygens (including phenoxy) is 1. The van der Waals surface area contributed by atoms with Gasteiger partial charge >= 0.3 is 0 Å². The second kappa shape index (κ2) is 12.9. The van der Waals surface area contributed by atoms with Crippen LogP contribution in [0.2, 0.25) is 0 Å². The third-order valence-corrected chi connectivity index (χ3v) is 3.08. The number of aryl methyl sites for hydroxylation is 2. The maximum atomic E-state index is 5.01. The van der Waals surface area contributed by atoms with Gasteiger partial charge < -0.3 is 19.9 Å². The molecule has 6 nitrogen and oxygen atoms in total. The van der Waals surface area contributed by atoms with Crippen LogP contribution in [0.1, 0.15) is 25.1 Å². The summed E-state index contributed by atoms with van der Waals surface area (Å²) in [5, 5.41) is 6.58. The normalized spacial score (nSPS) is 11.1. The Morgan fingerprint density at radius 3 is 2.57 bits per heavy atom. The average molecular weight is 409 g/mol. The molecular formula is C14H28IN5O. The van der Waals surface area contributed by atoms with Crippen LogP contribution in [-0.2, 0) is 11.3 Å². The maximum Gasteiger partial charge on any atom is 0.190 e. The molecule has 0 spiro atoms. The first kappa shape index (κ1) is 20.2. The van der Waals surface area contributed by atoms with Gasteiger partial charge in [-0.15, -0.1) is 24.0 Å². The van der Waals surface area contributed by atoms with Gasteiger partial charge in [-0.25, -0.2) is 4.98 Å². The van der Waals surface area contributed by atoms with Crippen LogP contribution >= 0.6 is 24.0 Å². The molecule has 1 aromatic rings. The Bertz CT molecular complexity index is 394. The lowest BCUT2D eigenvalue weighted by Crippen LogP contribution is -2.38. The molecule has 0 unspecified atom stereocenters. The van der Waals surface area contributed by atoms with Gasteiger partial charge in [0, 0.05) is 52.8 Å². The summed E-state index contributed by atoms with van der Waals surface area (Å²) in [6.45, 7) is 5.63. The number of hydrogen-bond acceptors (Lipinski definition) is 3. The largest absolute Gasteiger partial charge is 0.385 e. The molecule has 1 aromatic heterocycles. The maximum absolute atomic E-state index is 5.01. The van der Waals surface area contributed by atoms with Crippen LogP contribution < -0.4 is 10.6 Å². The van der Waals surface area contributed by atoms with Gasteiger partial charge in [0.1, 0.15) is 5.82 Å². The lowest BCUT2D eigenvalue weighted by atomic mass is 10.3. The van der Waals surface area contributed by atoms with Crippen LogP contribution in [0.25, 0.3) is 0 Å². The van der Waals surface area contributed by atoms with Gasteiger partial charge in [-0.05, 0) is 26.2 Å². The first-order valence-corrected chi connectivity index (χ1v) is 7.19. The summed E-state index contributed by atoms with van der Waals surface area (Å²) >= 11 is 0. The van der Waals surface area contributed by atoms with E-state index in [1.807, 2.05) is 19.3 Å². The molecule has 2 N–H and O–H groups in total. The fourth-order valence-electron chi connectivity index (χ4n) is 1.90. The Morgan fingerprint density at radius 2 is 2.00 bits per heavy atom. The summed E-state index contributed by atoms with van der Waals surface area (Å²) in [5.74, 6) is 1.94. The number of nitrogens with zero attached hydrogens (tertiary/aromatic N) is 3. The third kappa shape index (κ3) is 8.92. The number of aliphatic imine (C=N–C) groups is 1. The quantitative estimate of drug-likeness (QED) is 0.283. The van der Waals surface area contributed by atoms with E-state index in [0.29, 0.717) is 0 Å². The average Bonchev–Trinajstić information content (AvgIpc) is 2.86. The minimum absolute atomic E-state index is 0. The SMILES string of the molecule is CN=C(NCCCCn1ccnc1C)NCCCOC.I. The third-order valence-electron chi connectivity index (χ3n) is 3.08. The summed E-state index contributed by atoms with van der Waals surface area (Å²) < 4.78 is 7.19. The zero-order valence-electron chi connectivity index (χ0n) is 13.3. The molecule has 0 bridgehead atoms. The highest BCUT2D eigenvalue weighted by atomic mass is 127. The van der Waals surface area contributed by atoms with Crippen molar-refractivity contribution in [2.45, 2.75) is 32.7 Å². The van der Waals surface area contributed by atoms with Gasteiger partial charge in [0.2, 0.25) is 0 Å². The lowest BCUT2D eigenvalue weighted by Gasteiger charge is -2.11. The summed E-state index contributed by atoms with van der Waals surface area (Å²) in [4.78, 5) is 8.40. The molecule has 0 fully saturated rings. The zero-order valence-corrected chi connectivity index (χ0v) is 15.6. The van der Waals surface area contributed by atoms with Crippen molar-refractivity contribution in [1.82, 2.24) is 20.2 Å². The first-order chi connectivity index (χ1) is 9.77. The van der Waals surface area contributed by atoms with E-state index in [-0.39, 0.29) is 24.0 Å². The van der Waals surface area contributed by atoms with Gasteiger partial charge in [-0.1, -0.05) is 0 Å². The Hall–Kier alpha value is -0.830. The van der Waals surface area contributed by atoms with Crippen LogP contribution in [0.4, 0.5) is 0 Å². The van der Waals surface area contributed by atoms with Crippen molar-refractivity contribution < 1.29 is 4.74 Å². The van der Waals surface area contributed by atoms with E-state index in [2.05, 4.69) is 25.2 Å². The lowest BCUT2D eigenvalue weighted by molar-refractivity contribution is 0.195. The molecule has 122 valence electrons. The molecule has 0 amide bonds. The zero-order chi connectivity index (χ0) is 14.6. The number of unbranched alkanes of at least 4 members (excludes halogenated alkanes) is 1. The van der Waals surface area contributed by atoms with Crippen LogP contribution in [0.15, 0.2) is 17.4 Å². The van der Waals surface area contributed by atoms with Crippen LogP contribution in [0, 0.1) is 6.92 Å². The summed E-state index contributed by atoms with van der Waals surface area (Å²) in [6, 6.07) is 0. The number of methoxy groups -OCH3 is 1. The second-order valence-electron chi connectivity index (χ2n) is 4.65. The minimum Gasteiger partial charge on any atom is -0.385 e. The molecule has 1 heterocycles. The number of guanidine groups is 1. The van der Waals surface area contributed by atoms with Crippen molar-refractivity contribution >= 4 is 29.9 Å². The Balaban J connectivity index is 0.00000400. The van der Waals surface area contributed by atoms with Gasteiger partial charge in [-0.2, -0.15) is 0 Å². The molecule has 7 heteroatoms. The Morgan fingerprint density at radius 1 is 1.29 bits per heavy atom. The van der Waals surface area contributed by atoms with Crippen LogP contribution in [0.5, 0.6) is 0 Å². The smallest absolute Gasteiger partial charge is 0.190 e. The van der Waals surface area contributed by atoms with Crippen LogP contribution in [0.3, 0.4) is 0 Å². The number of rotatable bonds is 9. The topological polar surface area (TPSA) is 63.5 Å². The summed E-state index contributed by atoms with van der Waals surface area (Å²) in [5.41, 5.74) is 0. The van der Waals surface area contributed by atoms with E-state index in [9.17, 15) is 0 Å². The van der Waals surface area contributed by atoms with Crippen molar-refractivity contribution in [2.75, 3.05) is 33.9 Å². The number of halogens is 1. The molecule has 0 aromatic carbocycles. The van der Waals surface area contributed by atoms with E-state index in [1.54, 1.807) is 14.2 Å². The van der Waals surface area contributed by atoms with E-state index in [4.69, 9.17) is 4.74 Å². The van der Waals surface area contributed by atoms with Crippen LogP contribution in [-0.4, -0.2) is 49.4 Å². The number of hydrogen-bond donors (Lipinski definition) is 2. The fourth-order valence-corrected chi connectivity index (χ4v) is 1.90. The van der Waals surface area contributed by atoms with Crippen molar-refractivity contribution in [3.05, 3.63) is 18.2 Å². The standard InChI is InChI=1S/C14H27N5O.HI/c1-13-16-9-11-19(13)10-5-4-7-17-14(15-2)18-8-6-12-20-3;/h9,11H,4-8,10,12H2,1-3H3,(H2,15,17,18);1H. The van der Waals surface area contributed by atoms with Gasteiger partial charge in [0.05, 0.1) is 0 Å². The second-order valence-corrected chi connectivity index (χ2v) is 4.65. The minimum atomic E-state index is 0. The molecular weight excluding hydrogens is 381 g/mol. The van der Waals surface area contributed by atoms with Crippen molar-refractivity contribution in [3.8, 4) is 0 Å². The molecule has 0 aliphatic rings. The number of imidazole rings is 1. The highest BCUT2D eigenvalue weighted by molar-refractivity contribution is 14.0. The van der Waals surface area contributed by atoms with E-state index >= 15 is 0 Å². The monoisotopic (exact) mass is 409 g/mol. The predicted molar refractivity (Wildman–Crippen MR) is 97.5 cm³/mol. The highest BCUT2D eigenvalue weighted by Crippen LogP contribution is 1.99. The molecule has 0 radical (unpaired) electrons. The molecule has 0 saturated heterocycles. The summed E-state index contributed by atoms with van der Waals surface area (Å²) in [7, 11) is 3.51. The number of aromatic nitrogens is 2. The Labute approximate surface area is 144 Å². The molecule has 0 aliphatic heterocycles. The summed E-state index contributed by atoms with van der Waals surface area (Å²) in [6.07, 6.45) is 7.09. The van der Waals surface area contributed by atoms with E-state index in [0.717, 1.165) is 57.3 Å². The van der Waals surface area contributed by atoms with Gasteiger partial charge in [-0.3, -0.25) is 4.99 Å². The van der Waals surface area contributed by atoms with Crippen molar-refractivity contribution in [1.29, 1.82) is 0 Å². The molecule has 0 aliphatic carbocycles. The first-order valence-electron chi connectivity index (χ1n) is 7.19. The van der Waals surface area contributed by atoms with Crippen molar-refractivity contribution in [3.63, 3.8) is 0 Å². The van der Waals surface area contributed by atoms with Crippen molar-refractivity contribution in [2.24, 2.45) is 4.99 Å². The molecule has 21 heavy (non-hydrogen) atoms. The van der Waals surface area contributed by atoms with Gasteiger partial charge in [0.15, 0.2) is 5.96 Å². The highest BCUT2D eigenvalue weighted by Gasteiger charge is 1.98. The Kier molecular flexibility index (Phi) is 12.4. The van der Waals surface area contributed by atoms with E-state index in [1.165, 1.54) is 0 Å². The van der Waals surface area contributed by atoms with E-state index < -0.39 is 0 Å². The fraction of sp³-hybridized carbons (Fsp3) is 0.714. The molecule has 0 saturated carbocycles. The predicted octanol–water partition coefficient (Wildman–Crippen LogP) is 1.79. The number of nitrogens with one attached hydrogen (secondary N) is 2. The molecule has 1 rings (SSSR count). The van der Waals surface area contributed by atoms with Gasteiger partial charge in [0.25, 0.3) is 0 Å².